The lowest BCUT2D eigenvalue weighted by atomic mass is 10.0. The standard InChI is InChI=1S/C44H86O2S2/c1-5-7-9-11-13-15-17-19-21-23-25-27-29-31-33-35-37-41(3)47-43(45)39-40-44(46)48-42(4)38-36-34-32-30-28-26-24-22-20-18-16-14-12-10-8-6-2/h41-42H,5-40H2,1-4H3. The first kappa shape index (κ1) is 48.0. The molecule has 0 saturated carbocycles. The van der Waals surface area contributed by atoms with Crippen LogP contribution in [0.25, 0.3) is 0 Å². The van der Waals surface area contributed by atoms with Crippen LogP contribution in [0.3, 0.4) is 0 Å². The van der Waals surface area contributed by atoms with Crippen LogP contribution in [-0.4, -0.2) is 20.7 Å². The maximum absolute atomic E-state index is 12.5. The molecule has 0 radical (unpaired) electrons. The zero-order valence-corrected chi connectivity index (χ0v) is 34.9. The number of hydrogen-bond acceptors (Lipinski definition) is 4. The topological polar surface area (TPSA) is 34.1 Å². The van der Waals surface area contributed by atoms with Gasteiger partial charge in [-0.1, -0.05) is 257 Å². The van der Waals surface area contributed by atoms with E-state index in [9.17, 15) is 9.59 Å². The van der Waals surface area contributed by atoms with Crippen LogP contribution in [0.2, 0.25) is 0 Å². The fraction of sp³-hybridized carbons (Fsp3) is 0.955. The Bertz CT molecular complexity index is 610. The molecule has 0 aliphatic heterocycles. The summed E-state index contributed by atoms with van der Waals surface area (Å²) in [6.45, 7) is 8.95. The lowest BCUT2D eigenvalue weighted by Gasteiger charge is -2.11. The minimum Gasteiger partial charge on any atom is -0.287 e. The van der Waals surface area contributed by atoms with Crippen LogP contribution < -0.4 is 0 Å². The molecular formula is C44H86O2S2. The molecule has 4 heteroatoms. The number of unbranched alkanes of at least 4 members (excludes halogenated alkanes) is 30. The molecule has 0 aromatic heterocycles. The van der Waals surface area contributed by atoms with Gasteiger partial charge in [-0.2, -0.15) is 0 Å². The monoisotopic (exact) mass is 711 g/mol. The number of carbonyl (C=O) groups is 2. The Labute approximate surface area is 311 Å². The molecule has 0 N–H and O–H groups in total. The Morgan fingerprint density at radius 3 is 0.729 bits per heavy atom. The summed E-state index contributed by atoms with van der Waals surface area (Å²) in [7, 11) is 0. The highest BCUT2D eigenvalue weighted by molar-refractivity contribution is 8.14. The third kappa shape index (κ3) is 38.8. The predicted molar refractivity (Wildman–Crippen MR) is 222 cm³/mol. The highest BCUT2D eigenvalue weighted by Gasteiger charge is 2.14. The number of rotatable bonds is 39. The molecule has 0 amide bonds. The second-order valence-electron chi connectivity index (χ2n) is 15.3. The molecule has 0 heterocycles. The molecular weight excluding hydrogens is 625 g/mol. The first-order chi connectivity index (χ1) is 23.5. The van der Waals surface area contributed by atoms with E-state index in [1.54, 1.807) is 0 Å². The van der Waals surface area contributed by atoms with E-state index in [4.69, 9.17) is 0 Å². The molecule has 48 heavy (non-hydrogen) atoms. The van der Waals surface area contributed by atoms with Gasteiger partial charge in [0.05, 0.1) is 0 Å². The van der Waals surface area contributed by atoms with E-state index in [-0.39, 0.29) is 10.2 Å². The van der Waals surface area contributed by atoms with Crippen LogP contribution in [0.5, 0.6) is 0 Å². The molecule has 0 aromatic carbocycles. The SMILES string of the molecule is CCCCCCCCCCCCCCCCCCC(C)SC(=O)CCC(=O)SC(C)CCCCCCCCCCCCCCCCCC. The zero-order chi connectivity index (χ0) is 35.2. The smallest absolute Gasteiger partial charge is 0.189 e. The first-order valence-electron chi connectivity index (χ1n) is 21.9. The van der Waals surface area contributed by atoms with Crippen molar-refractivity contribution in [1.82, 2.24) is 0 Å². The normalized spacial score (nSPS) is 12.8. The van der Waals surface area contributed by atoms with Gasteiger partial charge >= 0.3 is 0 Å². The summed E-state index contributed by atoms with van der Waals surface area (Å²) in [6, 6.07) is 0. The molecule has 0 spiro atoms. The van der Waals surface area contributed by atoms with Crippen molar-refractivity contribution in [2.75, 3.05) is 0 Å². The Morgan fingerprint density at radius 1 is 0.333 bits per heavy atom. The van der Waals surface area contributed by atoms with E-state index >= 15 is 0 Å². The van der Waals surface area contributed by atoms with Crippen LogP contribution in [-0.2, 0) is 9.59 Å². The van der Waals surface area contributed by atoms with Crippen LogP contribution in [0, 0.1) is 0 Å². The van der Waals surface area contributed by atoms with Crippen molar-refractivity contribution < 1.29 is 9.59 Å². The van der Waals surface area contributed by atoms with Gasteiger partial charge in [0, 0.05) is 23.3 Å². The van der Waals surface area contributed by atoms with Gasteiger partial charge in [0.2, 0.25) is 0 Å². The summed E-state index contributed by atoms with van der Waals surface area (Å²) < 4.78 is 0. The van der Waals surface area contributed by atoms with Crippen molar-refractivity contribution in [3.05, 3.63) is 0 Å². The summed E-state index contributed by atoms with van der Waals surface area (Å²) in [6.07, 6.45) is 47.7. The average molecular weight is 711 g/mol. The largest absolute Gasteiger partial charge is 0.287 e. The van der Waals surface area contributed by atoms with E-state index < -0.39 is 0 Å². The van der Waals surface area contributed by atoms with Crippen molar-refractivity contribution in [2.24, 2.45) is 0 Å². The molecule has 0 saturated heterocycles. The first-order valence-corrected chi connectivity index (χ1v) is 23.6. The van der Waals surface area contributed by atoms with E-state index in [1.165, 1.54) is 229 Å². The van der Waals surface area contributed by atoms with Gasteiger partial charge in [-0.15, -0.1) is 0 Å². The lowest BCUT2D eigenvalue weighted by molar-refractivity contribution is -0.115. The minimum atomic E-state index is 0.207. The van der Waals surface area contributed by atoms with Gasteiger partial charge in [0.25, 0.3) is 0 Å². The van der Waals surface area contributed by atoms with Gasteiger partial charge in [0.15, 0.2) is 10.2 Å². The molecule has 2 nitrogen and oxygen atoms in total. The molecule has 0 bridgehead atoms. The molecule has 0 aliphatic rings. The number of thioether (sulfide) groups is 2. The Kier molecular flexibility index (Phi) is 39.9. The Hall–Kier alpha value is 0.0400. The summed E-state index contributed by atoms with van der Waals surface area (Å²) in [4.78, 5) is 24.9. The van der Waals surface area contributed by atoms with Gasteiger partial charge in [-0.05, 0) is 12.8 Å². The minimum absolute atomic E-state index is 0.207. The predicted octanol–water partition coefficient (Wildman–Crippen LogP) is 16.4. The molecule has 2 atom stereocenters. The molecule has 0 rings (SSSR count). The highest BCUT2D eigenvalue weighted by Crippen LogP contribution is 2.25. The van der Waals surface area contributed by atoms with Crippen molar-refractivity contribution in [1.29, 1.82) is 0 Å². The van der Waals surface area contributed by atoms with Crippen LogP contribution >= 0.6 is 23.5 Å². The van der Waals surface area contributed by atoms with Crippen molar-refractivity contribution >= 4 is 33.8 Å². The molecule has 0 aromatic rings. The zero-order valence-electron chi connectivity index (χ0n) is 33.2. The quantitative estimate of drug-likeness (QED) is 0.0595. The third-order valence-electron chi connectivity index (χ3n) is 10.1. The second kappa shape index (κ2) is 39.8. The van der Waals surface area contributed by atoms with Gasteiger partial charge in [-0.25, -0.2) is 0 Å². The van der Waals surface area contributed by atoms with E-state index in [0.717, 1.165) is 12.8 Å². The summed E-state index contributed by atoms with van der Waals surface area (Å²) in [5, 5.41) is 1.17. The number of hydrogen-bond donors (Lipinski definition) is 0. The molecule has 286 valence electrons. The Balaban J connectivity index is 3.47. The van der Waals surface area contributed by atoms with Crippen molar-refractivity contribution in [3.63, 3.8) is 0 Å². The van der Waals surface area contributed by atoms with E-state index in [2.05, 4.69) is 27.7 Å². The van der Waals surface area contributed by atoms with Crippen LogP contribution in [0.15, 0.2) is 0 Å². The lowest BCUT2D eigenvalue weighted by Crippen LogP contribution is -2.07. The maximum atomic E-state index is 12.5. The van der Waals surface area contributed by atoms with Crippen molar-refractivity contribution in [2.45, 2.75) is 269 Å². The van der Waals surface area contributed by atoms with Gasteiger partial charge in [0.1, 0.15) is 0 Å². The molecule has 2 unspecified atom stereocenters. The van der Waals surface area contributed by atoms with Crippen molar-refractivity contribution in [3.8, 4) is 0 Å². The van der Waals surface area contributed by atoms with Crippen LogP contribution in [0.1, 0.15) is 259 Å². The fourth-order valence-electron chi connectivity index (χ4n) is 6.85. The van der Waals surface area contributed by atoms with Crippen LogP contribution in [0.4, 0.5) is 0 Å². The summed E-state index contributed by atoms with van der Waals surface area (Å²) >= 11 is 2.96. The summed E-state index contributed by atoms with van der Waals surface area (Å²) in [5.74, 6) is 0. The molecule has 0 fully saturated rings. The van der Waals surface area contributed by atoms with Gasteiger partial charge in [-0.3, -0.25) is 9.59 Å². The Morgan fingerprint density at radius 2 is 0.521 bits per heavy atom. The van der Waals surface area contributed by atoms with Gasteiger partial charge < -0.3 is 0 Å². The fourth-order valence-corrected chi connectivity index (χ4v) is 8.75. The van der Waals surface area contributed by atoms with E-state index in [0.29, 0.717) is 23.3 Å². The second-order valence-corrected chi connectivity index (χ2v) is 18.3. The number of carbonyl (C=O) groups excluding carboxylic acids is 2. The maximum Gasteiger partial charge on any atom is 0.189 e. The summed E-state index contributed by atoms with van der Waals surface area (Å²) in [5.41, 5.74) is 0. The highest BCUT2D eigenvalue weighted by atomic mass is 32.2. The van der Waals surface area contributed by atoms with E-state index in [1.807, 2.05) is 0 Å². The molecule has 0 aliphatic carbocycles. The average Bonchev–Trinajstić information content (AvgIpc) is 3.07. The third-order valence-corrected chi connectivity index (χ3v) is 12.3.